The average molecular weight is 230 g/mol. The van der Waals surface area contributed by atoms with Gasteiger partial charge in [0, 0.05) is 6.08 Å². The Bertz CT molecular complexity index is 391. The van der Waals surface area contributed by atoms with E-state index in [1.165, 1.54) is 18.2 Å². The van der Waals surface area contributed by atoms with Gasteiger partial charge in [0.2, 0.25) is 0 Å². The van der Waals surface area contributed by atoms with E-state index in [4.69, 9.17) is 5.11 Å². The first-order valence-corrected chi connectivity index (χ1v) is 4.45. The molecule has 0 spiro atoms. The molecule has 0 saturated carbocycles. The van der Waals surface area contributed by atoms with Crippen LogP contribution in [0, 0.1) is 0 Å². The third-order valence-corrected chi connectivity index (χ3v) is 1.90. The van der Waals surface area contributed by atoms with Gasteiger partial charge in [-0.1, -0.05) is 18.2 Å². The Morgan fingerprint density at radius 1 is 1.25 bits per heavy atom. The van der Waals surface area contributed by atoms with Crippen LogP contribution < -0.4 is 0 Å². The molecular weight excluding hydrogens is 221 g/mol. The van der Waals surface area contributed by atoms with Gasteiger partial charge in [-0.05, 0) is 24.1 Å². The molecule has 0 aromatic heterocycles. The van der Waals surface area contributed by atoms with Gasteiger partial charge in [-0.3, -0.25) is 0 Å². The third-order valence-electron chi connectivity index (χ3n) is 1.90. The highest BCUT2D eigenvalue weighted by molar-refractivity contribution is 5.79. The van der Waals surface area contributed by atoms with Gasteiger partial charge in [0.25, 0.3) is 0 Å². The lowest BCUT2D eigenvalue weighted by molar-refractivity contribution is -0.137. The molecule has 86 valence electrons. The average Bonchev–Trinajstić information content (AvgIpc) is 2.16. The summed E-state index contributed by atoms with van der Waals surface area (Å²) in [6.45, 7) is 0. The van der Waals surface area contributed by atoms with Crippen molar-refractivity contribution in [1.29, 1.82) is 0 Å². The summed E-state index contributed by atoms with van der Waals surface area (Å²) in [5.74, 6) is -1.08. The second-order valence-electron chi connectivity index (χ2n) is 3.14. The van der Waals surface area contributed by atoms with Crippen molar-refractivity contribution < 1.29 is 23.1 Å². The quantitative estimate of drug-likeness (QED) is 0.810. The first-order valence-electron chi connectivity index (χ1n) is 4.45. The lowest BCUT2D eigenvalue weighted by atomic mass is 10.1. The molecule has 1 aromatic rings. The molecule has 1 aromatic carbocycles. The van der Waals surface area contributed by atoms with E-state index >= 15 is 0 Å². The van der Waals surface area contributed by atoms with Crippen LogP contribution in [0.15, 0.2) is 36.4 Å². The highest BCUT2D eigenvalue weighted by Gasteiger charge is 2.29. The zero-order valence-electron chi connectivity index (χ0n) is 8.16. The van der Waals surface area contributed by atoms with Crippen LogP contribution in [0.4, 0.5) is 13.2 Å². The maximum atomic E-state index is 12.2. The third kappa shape index (κ3) is 3.76. The Labute approximate surface area is 90.0 Å². The topological polar surface area (TPSA) is 37.3 Å². The van der Waals surface area contributed by atoms with Crippen molar-refractivity contribution in [3.8, 4) is 0 Å². The minimum absolute atomic E-state index is 0.296. The first-order chi connectivity index (χ1) is 7.39. The van der Waals surface area contributed by atoms with Crippen molar-refractivity contribution in [1.82, 2.24) is 0 Å². The molecule has 16 heavy (non-hydrogen) atoms. The summed E-state index contributed by atoms with van der Waals surface area (Å²) < 4.78 is 36.6. The number of aliphatic carboxylic acids is 1. The number of carboxylic acid groups (broad SMARTS) is 1. The molecule has 0 aliphatic heterocycles. The van der Waals surface area contributed by atoms with E-state index in [0.29, 0.717) is 12.0 Å². The van der Waals surface area contributed by atoms with Gasteiger partial charge in [-0.2, -0.15) is 13.2 Å². The molecule has 0 heterocycles. The van der Waals surface area contributed by atoms with Crippen LogP contribution in [-0.4, -0.2) is 11.1 Å². The van der Waals surface area contributed by atoms with Gasteiger partial charge in [-0.25, -0.2) is 4.79 Å². The molecule has 1 rings (SSSR count). The van der Waals surface area contributed by atoms with Crippen molar-refractivity contribution in [3.05, 3.63) is 47.5 Å². The van der Waals surface area contributed by atoms with Gasteiger partial charge >= 0.3 is 12.1 Å². The fraction of sp³-hybridized carbons (Fsp3) is 0.182. The van der Waals surface area contributed by atoms with Gasteiger partial charge in [0.1, 0.15) is 0 Å². The number of benzene rings is 1. The number of hydrogen-bond donors (Lipinski definition) is 1. The van der Waals surface area contributed by atoms with Gasteiger partial charge < -0.3 is 5.11 Å². The molecule has 0 atom stereocenters. The van der Waals surface area contributed by atoms with Crippen LogP contribution in [0.25, 0.3) is 0 Å². The number of rotatable bonds is 3. The maximum Gasteiger partial charge on any atom is 0.416 e. The fourth-order valence-electron chi connectivity index (χ4n) is 1.13. The molecular formula is C11H9F3O2. The predicted molar refractivity (Wildman–Crippen MR) is 51.9 cm³/mol. The molecule has 0 amide bonds. The van der Waals surface area contributed by atoms with Crippen LogP contribution in [0.3, 0.4) is 0 Å². The van der Waals surface area contributed by atoms with Crippen molar-refractivity contribution in [3.63, 3.8) is 0 Å². The SMILES string of the molecule is O=C(O)/C=C/Cc1ccc(C(F)(F)F)cc1. The summed E-state index contributed by atoms with van der Waals surface area (Å²) in [6, 6.07) is 4.61. The van der Waals surface area contributed by atoms with Crippen LogP contribution in [0.5, 0.6) is 0 Å². The van der Waals surface area contributed by atoms with Gasteiger partial charge in [0.05, 0.1) is 5.56 Å². The predicted octanol–water partition coefficient (Wildman–Crippen LogP) is 2.89. The van der Waals surface area contributed by atoms with Crippen molar-refractivity contribution in [2.75, 3.05) is 0 Å². The van der Waals surface area contributed by atoms with Crippen molar-refractivity contribution in [2.24, 2.45) is 0 Å². The summed E-state index contributed by atoms with van der Waals surface area (Å²) in [5.41, 5.74) is -0.0797. The molecule has 2 nitrogen and oxygen atoms in total. The monoisotopic (exact) mass is 230 g/mol. The number of carbonyl (C=O) groups is 1. The molecule has 0 unspecified atom stereocenters. The van der Waals surface area contributed by atoms with Crippen molar-refractivity contribution in [2.45, 2.75) is 12.6 Å². The number of halogens is 3. The molecule has 0 saturated heterocycles. The largest absolute Gasteiger partial charge is 0.478 e. The summed E-state index contributed by atoms with van der Waals surface area (Å²) in [4.78, 5) is 10.1. The summed E-state index contributed by atoms with van der Waals surface area (Å²) in [7, 11) is 0. The number of carboxylic acids is 1. The molecule has 0 radical (unpaired) electrons. The first kappa shape index (κ1) is 12.3. The highest BCUT2D eigenvalue weighted by Crippen LogP contribution is 2.29. The lowest BCUT2D eigenvalue weighted by Gasteiger charge is -2.06. The van der Waals surface area contributed by atoms with Crippen LogP contribution in [0.1, 0.15) is 11.1 Å². The fourth-order valence-corrected chi connectivity index (χ4v) is 1.13. The smallest absolute Gasteiger partial charge is 0.416 e. The zero-order valence-corrected chi connectivity index (χ0v) is 8.16. The molecule has 0 aliphatic carbocycles. The Kier molecular flexibility index (Phi) is 3.71. The van der Waals surface area contributed by atoms with E-state index in [1.54, 1.807) is 0 Å². The highest BCUT2D eigenvalue weighted by atomic mass is 19.4. The Hall–Kier alpha value is -1.78. The molecule has 0 aliphatic rings. The number of alkyl halides is 3. The molecule has 5 heteroatoms. The maximum absolute atomic E-state index is 12.2. The van der Waals surface area contributed by atoms with Gasteiger partial charge in [0.15, 0.2) is 0 Å². The molecule has 0 fully saturated rings. The van der Waals surface area contributed by atoms with E-state index in [0.717, 1.165) is 18.2 Å². The van der Waals surface area contributed by atoms with E-state index in [-0.39, 0.29) is 0 Å². The summed E-state index contributed by atoms with van der Waals surface area (Å²) in [6.07, 6.45) is -1.71. The second-order valence-corrected chi connectivity index (χ2v) is 3.14. The number of hydrogen-bond acceptors (Lipinski definition) is 1. The Balaban J connectivity index is 2.69. The van der Waals surface area contributed by atoms with Crippen molar-refractivity contribution >= 4 is 5.97 Å². The van der Waals surface area contributed by atoms with Crippen LogP contribution >= 0.6 is 0 Å². The molecule has 1 N–H and O–H groups in total. The van der Waals surface area contributed by atoms with E-state index in [9.17, 15) is 18.0 Å². The number of allylic oxidation sites excluding steroid dienone is 1. The van der Waals surface area contributed by atoms with E-state index < -0.39 is 17.7 Å². The minimum atomic E-state index is -4.34. The van der Waals surface area contributed by atoms with Crippen LogP contribution in [-0.2, 0) is 17.4 Å². The Morgan fingerprint density at radius 2 is 1.81 bits per heavy atom. The second kappa shape index (κ2) is 4.83. The Morgan fingerprint density at radius 3 is 2.25 bits per heavy atom. The van der Waals surface area contributed by atoms with Crippen LogP contribution in [0.2, 0.25) is 0 Å². The standard InChI is InChI=1S/C11H9F3O2/c12-11(13,14)9-6-4-8(5-7-9)2-1-3-10(15)16/h1,3-7H,2H2,(H,15,16)/b3-1+. The normalized spacial score (nSPS) is 11.9. The molecule has 0 bridgehead atoms. The lowest BCUT2D eigenvalue weighted by Crippen LogP contribution is -2.04. The van der Waals surface area contributed by atoms with E-state index in [1.807, 2.05) is 0 Å². The summed E-state index contributed by atoms with van der Waals surface area (Å²) in [5, 5.41) is 8.31. The summed E-state index contributed by atoms with van der Waals surface area (Å²) >= 11 is 0. The zero-order chi connectivity index (χ0) is 12.2. The van der Waals surface area contributed by atoms with E-state index in [2.05, 4.69) is 0 Å². The van der Waals surface area contributed by atoms with Gasteiger partial charge in [-0.15, -0.1) is 0 Å². The minimum Gasteiger partial charge on any atom is -0.478 e.